The molecule has 0 aromatic heterocycles. The number of nitrogens with one attached hydrogen (secondary N) is 1. The van der Waals surface area contributed by atoms with Gasteiger partial charge in [-0.05, 0) is 67.9 Å². The van der Waals surface area contributed by atoms with Crippen molar-refractivity contribution in [3.8, 4) is 0 Å². The zero-order valence-electron chi connectivity index (χ0n) is 20.9. The minimum atomic E-state index is -3.65. The molecular weight excluding hydrogens is 480 g/mol. The zero-order valence-corrected chi connectivity index (χ0v) is 21.7. The molecule has 1 aliphatic carbocycles. The van der Waals surface area contributed by atoms with Gasteiger partial charge >= 0.3 is 6.09 Å². The summed E-state index contributed by atoms with van der Waals surface area (Å²) in [6.07, 6.45) is 6.38. The fourth-order valence-corrected chi connectivity index (χ4v) is 6.79. The summed E-state index contributed by atoms with van der Waals surface area (Å²) in [7, 11) is -3.65. The zero-order chi connectivity index (χ0) is 25.5. The van der Waals surface area contributed by atoms with Crippen LogP contribution in [0.4, 0.5) is 10.5 Å². The first kappa shape index (κ1) is 25.0. The van der Waals surface area contributed by atoms with Crippen molar-refractivity contribution < 1.29 is 22.7 Å². The Kier molecular flexibility index (Phi) is 6.67. The summed E-state index contributed by atoms with van der Waals surface area (Å²) in [5.74, 6) is 1.76. The lowest BCUT2D eigenvalue weighted by atomic mass is 9.82. The van der Waals surface area contributed by atoms with E-state index in [1.54, 1.807) is 23.1 Å². The van der Waals surface area contributed by atoms with Gasteiger partial charge in [0.05, 0.1) is 6.54 Å². The third kappa shape index (κ3) is 4.80. The fourth-order valence-electron chi connectivity index (χ4n) is 5.61. The molecule has 5 rings (SSSR count). The summed E-state index contributed by atoms with van der Waals surface area (Å²) in [5, 5.41) is 4.26. The number of hydrogen-bond acceptors (Lipinski definition) is 6. The first-order valence-electron chi connectivity index (χ1n) is 12.8. The van der Waals surface area contributed by atoms with E-state index in [0.29, 0.717) is 31.9 Å². The number of carbonyl (C=O) groups excluding carboxylic acids is 2. The second-order valence-corrected chi connectivity index (χ2v) is 12.3. The summed E-state index contributed by atoms with van der Waals surface area (Å²) in [5.41, 5.74) is 1.51. The second kappa shape index (κ2) is 9.63. The molecule has 1 aromatic rings. The van der Waals surface area contributed by atoms with E-state index in [9.17, 15) is 18.0 Å². The van der Waals surface area contributed by atoms with E-state index >= 15 is 0 Å². The maximum atomic E-state index is 13.0. The maximum Gasteiger partial charge on any atom is 0.414 e. The lowest BCUT2D eigenvalue weighted by Gasteiger charge is -2.34. The lowest BCUT2D eigenvalue weighted by molar-refractivity contribution is -0.125. The van der Waals surface area contributed by atoms with Gasteiger partial charge in [0.15, 0.2) is 0 Å². The maximum absolute atomic E-state index is 13.0. The molecule has 1 saturated carbocycles. The number of rotatable bonds is 5. The molecule has 36 heavy (non-hydrogen) atoms. The monoisotopic (exact) mass is 514 g/mol. The van der Waals surface area contributed by atoms with E-state index in [0.717, 1.165) is 54.3 Å². The summed E-state index contributed by atoms with van der Waals surface area (Å²) in [6, 6.07) is 5.45. The highest BCUT2D eigenvalue weighted by Crippen LogP contribution is 2.36. The molecule has 1 aromatic carbocycles. The molecule has 194 valence electrons. The van der Waals surface area contributed by atoms with Gasteiger partial charge in [-0.1, -0.05) is 25.8 Å². The summed E-state index contributed by atoms with van der Waals surface area (Å²) >= 11 is 0. The Morgan fingerprint density at radius 1 is 1.11 bits per heavy atom. The number of anilines is 1. The largest absolute Gasteiger partial charge is 0.447 e. The summed E-state index contributed by atoms with van der Waals surface area (Å²) < 4.78 is 32.5. The number of aliphatic imine (C=N–C) groups is 1. The first-order valence-corrected chi connectivity index (χ1v) is 14.3. The minimum Gasteiger partial charge on any atom is -0.447 e. The molecule has 3 heterocycles. The predicted molar refractivity (Wildman–Crippen MR) is 138 cm³/mol. The molecule has 10 heteroatoms. The van der Waals surface area contributed by atoms with E-state index in [-0.39, 0.29) is 25.1 Å². The molecular formula is C26H34N4O5S. The number of sulfonamides is 1. The molecule has 2 amide bonds. The Morgan fingerprint density at radius 3 is 2.47 bits per heavy atom. The van der Waals surface area contributed by atoms with Crippen molar-refractivity contribution in [2.75, 3.05) is 31.1 Å². The minimum absolute atomic E-state index is 0.0821. The predicted octanol–water partition coefficient (Wildman–Crippen LogP) is 3.44. The number of piperidine rings is 1. The Bertz CT molecular complexity index is 1210. The smallest absolute Gasteiger partial charge is 0.414 e. The van der Waals surface area contributed by atoms with Crippen molar-refractivity contribution in [2.45, 2.75) is 57.9 Å². The van der Waals surface area contributed by atoms with Gasteiger partial charge in [-0.15, -0.1) is 0 Å². The number of hydrogen-bond donors (Lipinski definition) is 1. The summed E-state index contributed by atoms with van der Waals surface area (Å²) in [4.78, 5) is 31.1. The van der Waals surface area contributed by atoms with Crippen LogP contribution < -0.4 is 10.2 Å². The first-order chi connectivity index (χ1) is 17.2. The number of cyclic esters (lactones) is 1. The number of ether oxygens (including phenoxy) is 1. The van der Waals surface area contributed by atoms with Crippen LogP contribution in [0.1, 0.15) is 56.6 Å². The van der Waals surface area contributed by atoms with Gasteiger partial charge in [-0.2, -0.15) is 4.31 Å². The van der Waals surface area contributed by atoms with Gasteiger partial charge in [0.1, 0.15) is 18.0 Å². The van der Waals surface area contributed by atoms with Crippen LogP contribution in [-0.2, 0) is 19.6 Å². The van der Waals surface area contributed by atoms with Crippen molar-refractivity contribution in [2.24, 2.45) is 16.8 Å². The van der Waals surface area contributed by atoms with Gasteiger partial charge < -0.3 is 10.1 Å². The molecule has 0 radical (unpaired) electrons. The Balaban J connectivity index is 1.23. The van der Waals surface area contributed by atoms with E-state index in [4.69, 9.17) is 9.73 Å². The van der Waals surface area contributed by atoms with Crippen LogP contribution in [-0.4, -0.2) is 62.3 Å². The van der Waals surface area contributed by atoms with Crippen LogP contribution in [0.3, 0.4) is 0 Å². The van der Waals surface area contributed by atoms with Gasteiger partial charge in [-0.25, -0.2) is 13.2 Å². The normalized spacial score (nSPS) is 26.9. The second-order valence-electron chi connectivity index (χ2n) is 10.5. The standard InChI is InChI=1S/C26H34N4O5S/c1-18-3-5-21(6-4-18)23-27-24(31)26(28-23)10-12-29(13-11-26)36(33,34)16-9-20-7-8-22(17-19(20)2)30-14-15-35-25(30)32/h7-9,16-18,21H,3-6,10-15H2,1-2H3,(H,27,28,31)/b16-9+. The van der Waals surface area contributed by atoms with Crippen LogP contribution >= 0.6 is 0 Å². The molecule has 4 aliphatic rings. The molecule has 1 N–H and O–H groups in total. The number of carbonyl (C=O) groups is 2. The third-order valence-corrected chi connectivity index (χ3v) is 9.62. The number of nitrogens with zero attached hydrogens (tertiary/aromatic N) is 3. The van der Waals surface area contributed by atoms with Crippen LogP contribution in [0.2, 0.25) is 0 Å². The highest BCUT2D eigenvalue weighted by Gasteiger charge is 2.48. The van der Waals surface area contributed by atoms with Crippen LogP contribution in [0.5, 0.6) is 0 Å². The van der Waals surface area contributed by atoms with Crippen LogP contribution in [0.25, 0.3) is 6.08 Å². The van der Waals surface area contributed by atoms with E-state index in [1.165, 1.54) is 9.71 Å². The third-order valence-electron chi connectivity index (χ3n) is 8.06. The Morgan fingerprint density at radius 2 is 1.83 bits per heavy atom. The van der Waals surface area contributed by atoms with E-state index in [1.807, 2.05) is 13.0 Å². The van der Waals surface area contributed by atoms with Gasteiger partial charge in [0.2, 0.25) is 10.0 Å². The molecule has 0 atom stereocenters. The highest BCUT2D eigenvalue weighted by atomic mass is 32.2. The van der Waals surface area contributed by atoms with Crippen LogP contribution in [0.15, 0.2) is 28.6 Å². The van der Waals surface area contributed by atoms with E-state index < -0.39 is 15.6 Å². The average molecular weight is 515 g/mol. The molecule has 1 spiro atoms. The molecule has 0 unspecified atom stereocenters. The van der Waals surface area contributed by atoms with Gasteiger partial charge in [0.25, 0.3) is 5.91 Å². The van der Waals surface area contributed by atoms with Gasteiger partial charge in [0, 0.05) is 30.1 Å². The van der Waals surface area contributed by atoms with Crippen molar-refractivity contribution in [3.63, 3.8) is 0 Å². The lowest BCUT2D eigenvalue weighted by Crippen LogP contribution is -2.50. The number of amides is 2. The van der Waals surface area contributed by atoms with Gasteiger partial charge in [-0.3, -0.25) is 14.7 Å². The quantitative estimate of drug-likeness (QED) is 0.648. The Labute approximate surface area is 212 Å². The van der Waals surface area contributed by atoms with Crippen molar-refractivity contribution in [1.29, 1.82) is 0 Å². The van der Waals surface area contributed by atoms with Crippen molar-refractivity contribution in [1.82, 2.24) is 9.62 Å². The average Bonchev–Trinajstić information content (AvgIpc) is 3.42. The van der Waals surface area contributed by atoms with Crippen molar-refractivity contribution >= 4 is 39.6 Å². The highest BCUT2D eigenvalue weighted by molar-refractivity contribution is 7.92. The molecule has 2 saturated heterocycles. The van der Waals surface area contributed by atoms with Crippen molar-refractivity contribution in [3.05, 3.63) is 34.7 Å². The molecule has 3 fully saturated rings. The topological polar surface area (TPSA) is 108 Å². The number of benzene rings is 1. The van der Waals surface area contributed by atoms with Crippen LogP contribution in [0, 0.1) is 18.8 Å². The molecule has 9 nitrogen and oxygen atoms in total. The van der Waals surface area contributed by atoms with E-state index in [2.05, 4.69) is 12.2 Å². The molecule has 0 bridgehead atoms. The molecule has 3 aliphatic heterocycles. The summed E-state index contributed by atoms with van der Waals surface area (Å²) in [6.45, 7) is 5.52. The number of aryl methyl sites for hydroxylation is 1. The SMILES string of the molecule is Cc1cc(N2CCOC2=O)ccc1/C=C/S(=O)(=O)N1CCC2(CC1)N=C(C1CCC(C)CC1)NC2=O. The number of amidine groups is 1. The fraction of sp³-hybridized carbons (Fsp3) is 0.577. The Hall–Kier alpha value is -2.72.